The van der Waals surface area contributed by atoms with Crippen molar-refractivity contribution in [1.82, 2.24) is 5.16 Å². The van der Waals surface area contributed by atoms with Gasteiger partial charge < -0.3 is 15.4 Å². The molecule has 0 amide bonds. The Kier molecular flexibility index (Phi) is 6.55. The molecule has 0 unspecified atom stereocenters. The summed E-state index contributed by atoms with van der Waals surface area (Å²) in [5.74, 6) is -1.36. The number of carbonyl (C=O) groups is 2. The largest absolute Gasteiger partial charge is 0.478 e. The summed E-state index contributed by atoms with van der Waals surface area (Å²) in [7, 11) is 0. The van der Waals surface area contributed by atoms with Gasteiger partial charge in [0.25, 0.3) is 5.24 Å². The highest BCUT2D eigenvalue weighted by Crippen LogP contribution is 2.33. The molecule has 0 spiro atoms. The molecule has 0 saturated heterocycles. The lowest BCUT2D eigenvalue weighted by atomic mass is 10.1. The Bertz CT molecular complexity index is 985. The molecule has 3 aromatic rings. The molecule has 0 atom stereocenters. The number of carboxylic acid groups (broad SMARTS) is 1. The van der Waals surface area contributed by atoms with Crippen molar-refractivity contribution >= 4 is 40.1 Å². The van der Waals surface area contributed by atoms with E-state index in [1.165, 1.54) is 31.2 Å². The molecule has 27 heavy (non-hydrogen) atoms. The molecule has 0 fully saturated rings. The lowest BCUT2D eigenvalue weighted by Gasteiger charge is -2.02. The van der Waals surface area contributed by atoms with Crippen LogP contribution in [0.25, 0.3) is 11.3 Å². The lowest BCUT2D eigenvalue weighted by Crippen LogP contribution is -2.00. The van der Waals surface area contributed by atoms with Crippen LogP contribution in [0.15, 0.2) is 47.0 Å². The average Bonchev–Trinajstić information content (AvgIpc) is 2.97. The summed E-state index contributed by atoms with van der Waals surface area (Å²) in [5, 5.41) is 11.5. The van der Waals surface area contributed by atoms with Crippen molar-refractivity contribution in [3.8, 4) is 11.3 Å². The van der Waals surface area contributed by atoms with E-state index < -0.39 is 17.0 Å². The number of carbonyl (C=O) groups excluding carboxylic acids is 1. The molecular weight excluding hydrogens is 398 g/mol. The number of anilines is 1. The third-order valence-electron chi connectivity index (χ3n) is 3.45. The van der Waals surface area contributed by atoms with Gasteiger partial charge in [-0.1, -0.05) is 35.0 Å². The van der Waals surface area contributed by atoms with Gasteiger partial charge in [0.15, 0.2) is 0 Å². The second kappa shape index (κ2) is 8.66. The van der Waals surface area contributed by atoms with Gasteiger partial charge in [-0.05, 0) is 42.8 Å². The van der Waals surface area contributed by atoms with E-state index in [0.717, 1.165) is 0 Å². The Labute approximate surface area is 163 Å². The minimum absolute atomic E-state index is 0.00927. The van der Waals surface area contributed by atoms with Gasteiger partial charge in [-0.15, -0.1) is 0 Å². The second-order valence-electron chi connectivity index (χ2n) is 5.23. The predicted octanol–water partition coefficient (Wildman–Crippen LogP) is 4.79. The van der Waals surface area contributed by atoms with Crippen LogP contribution in [0.4, 0.5) is 10.1 Å². The molecule has 0 aliphatic carbocycles. The number of aromatic carboxylic acids is 1. The van der Waals surface area contributed by atoms with E-state index in [1.807, 2.05) is 0 Å². The zero-order chi connectivity index (χ0) is 20.1. The topological polar surface area (TPSA) is 106 Å². The summed E-state index contributed by atoms with van der Waals surface area (Å²) in [6, 6.07) is 10.5. The first-order valence-corrected chi connectivity index (χ1v) is 8.18. The third-order valence-corrected chi connectivity index (χ3v) is 3.95. The predicted molar refractivity (Wildman–Crippen MR) is 99.6 cm³/mol. The maximum Gasteiger partial charge on any atom is 0.337 e. The Hall–Kier alpha value is -2.90. The molecule has 0 radical (unpaired) electrons. The van der Waals surface area contributed by atoms with Gasteiger partial charge in [-0.3, -0.25) is 4.79 Å². The molecule has 140 valence electrons. The number of halogens is 3. The standard InChI is InChI=1S/C11H6Cl2FNO2.C7H7NO2/c1-5-8(11(13)16)10(15-17-5)9-6(12)3-2-4-7(9)14;8-6-4-2-1-3-5(6)7(9)10/h2-4H,1H3;1-4H,8H2,(H,9,10). The van der Waals surface area contributed by atoms with Gasteiger partial charge in [-0.2, -0.15) is 0 Å². The maximum absolute atomic E-state index is 13.7. The van der Waals surface area contributed by atoms with Crippen LogP contribution in [0.3, 0.4) is 0 Å². The van der Waals surface area contributed by atoms with Gasteiger partial charge in [0.1, 0.15) is 22.8 Å². The van der Waals surface area contributed by atoms with E-state index >= 15 is 0 Å². The fourth-order valence-corrected chi connectivity index (χ4v) is 2.67. The third kappa shape index (κ3) is 4.64. The summed E-state index contributed by atoms with van der Waals surface area (Å²) in [4.78, 5) is 21.6. The summed E-state index contributed by atoms with van der Waals surface area (Å²) in [6.45, 7) is 1.51. The van der Waals surface area contributed by atoms with Gasteiger partial charge in [0.2, 0.25) is 0 Å². The minimum atomic E-state index is -0.988. The van der Waals surface area contributed by atoms with Crippen molar-refractivity contribution < 1.29 is 23.6 Å². The molecule has 0 aliphatic rings. The van der Waals surface area contributed by atoms with Crippen molar-refractivity contribution in [3.63, 3.8) is 0 Å². The molecule has 0 aliphatic heterocycles. The summed E-state index contributed by atoms with van der Waals surface area (Å²) < 4.78 is 18.5. The quantitative estimate of drug-likeness (QED) is 0.474. The van der Waals surface area contributed by atoms with Crippen LogP contribution < -0.4 is 5.73 Å². The van der Waals surface area contributed by atoms with Crippen molar-refractivity contribution in [2.75, 3.05) is 5.73 Å². The van der Waals surface area contributed by atoms with Gasteiger partial charge >= 0.3 is 5.97 Å². The zero-order valence-electron chi connectivity index (χ0n) is 13.9. The molecule has 9 heteroatoms. The molecule has 2 aromatic carbocycles. The van der Waals surface area contributed by atoms with Crippen molar-refractivity contribution in [2.45, 2.75) is 6.92 Å². The normalized spacial score (nSPS) is 10.1. The first-order chi connectivity index (χ1) is 12.7. The van der Waals surface area contributed by atoms with E-state index in [9.17, 15) is 14.0 Å². The van der Waals surface area contributed by atoms with Crippen molar-refractivity contribution in [2.24, 2.45) is 0 Å². The highest BCUT2D eigenvalue weighted by Gasteiger charge is 2.24. The Morgan fingerprint density at radius 2 is 1.85 bits per heavy atom. The van der Waals surface area contributed by atoms with Gasteiger partial charge in [0, 0.05) is 5.69 Å². The number of aromatic nitrogens is 1. The number of aryl methyl sites for hydroxylation is 1. The van der Waals surface area contributed by atoms with Crippen molar-refractivity contribution in [1.29, 1.82) is 0 Å². The molecule has 1 heterocycles. The molecule has 3 rings (SSSR count). The van der Waals surface area contributed by atoms with E-state index in [1.54, 1.807) is 18.2 Å². The molecule has 6 nitrogen and oxygen atoms in total. The number of nitrogen functional groups attached to an aromatic ring is 1. The highest BCUT2D eigenvalue weighted by molar-refractivity contribution is 6.68. The Morgan fingerprint density at radius 3 is 2.37 bits per heavy atom. The van der Waals surface area contributed by atoms with E-state index in [0.29, 0.717) is 5.69 Å². The van der Waals surface area contributed by atoms with Gasteiger partial charge in [0.05, 0.1) is 16.1 Å². The van der Waals surface area contributed by atoms with Crippen LogP contribution in [0.1, 0.15) is 26.5 Å². The van der Waals surface area contributed by atoms with Crippen LogP contribution in [0.2, 0.25) is 5.02 Å². The highest BCUT2D eigenvalue weighted by atomic mass is 35.5. The number of nitrogens with zero attached hydrogens (tertiary/aromatic N) is 1. The van der Waals surface area contributed by atoms with Crippen LogP contribution >= 0.6 is 23.2 Å². The minimum Gasteiger partial charge on any atom is -0.478 e. The number of carboxylic acids is 1. The maximum atomic E-state index is 13.7. The average molecular weight is 411 g/mol. The molecule has 0 saturated carbocycles. The van der Waals surface area contributed by atoms with E-state index in [-0.39, 0.29) is 33.2 Å². The SMILES string of the molecule is Cc1onc(-c2c(F)cccc2Cl)c1C(=O)Cl.Nc1ccccc1C(=O)O. The Balaban J connectivity index is 0.000000223. The zero-order valence-corrected chi connectivity index (χ0v) is 15.4. The van der Waals surface area contributed by atoms with Crippen LogP contribution in [0.5, 0.6) is 0 Å². The number of nitrogens with two attached hydrogens (primary N) is 1. The van der Waals surface area contributed by atoms with Crippen LogP contribution in [-0.4, -0.2) is 21.5 Å². The van der Waals surface area contributed by atoms with Crippen LogP contribution in [-0.2, 0) is 0 Å². The summed E-state index contributed by atoms with van der Waals surface area (Å²) >= 11 is 11.3. The van der Waals surface area contributed by atoms with Gasteiger partial charge in [-0.25, -0.2) is 9.18 Å². The first-order valence-electron chi connectivity index (χ1n) is 7.42. The number of benzene rings is 2. The molecular formula is C18H13Cl2FN2O4. The van der Waals surface area contributed by atoms with E-state index in [2.05, 4.69) is 5.16 Å². The number of hydrogen-bond donors (Lipinski definition) is 2. The van der Waals surface area contributed by atoms with Crippen LogP contribution in [0, 0.1) is 12.7 Å². The molecule has 1 aromatic heterocycles. The first kappa shape index (κ1) is 20.4. The number of hydrogen-bond acceptors (Lipinski definition) is 5. The lowest BCUT2D eigenvalue weighted by molar-refractivity contribution is 0.0698. The smallest absolute Gasteiger partial charge is 0.337 e. The fourth-order valence-electron chi connectivity index (χ4n) is 2.19. The Morgan fingerprint density at radius 1 is 1.19 bits per heavy atom. The summed E-state index contributed by atoms with van der Waals surface area (Å²) in [6.07, 6.45) is 0. The van der Waals surface area contributed by atoms with E-state index in [4.69, 9.17) is 38.6 Å². The molecule has 3 N–H and O–H groups in total. The molecule has 0 bridgehead atoms. The number of para-hydroxylation sites is 1. The monoisotopic (exact) mass is 410 g/mol. The van der Waals surface area contributed by atoms with Crippen molar-refractivity contribution in [3.05, 3.63) is 70.2 Å². The number of rotatable bonds is 3. The summed E-state index contributed by atoms with van der Waals surface area (Å²) in [5.41, 5.74) is 5.85. The second-order valence-corrected chi connectivity index (χ2v) is 5.98. The fraction of sp³-hybridized carbons (Fsp3) is 0.0556.